The van der Waals surface area contributed by atoms with Crippen molar-refractivity contribution in [2.45, 2.75) is 33.4 Å². The fourth-order valence-corrected chi connectivity index (χ4v) is 2.82. The molecule has 1 aromatic carbocycles. The number of amides is 1. The summed E-state index contributed by atoms with van der Waals surface area (Å²) in [5, 5.41) is 15.7. The minimum Gasteiger partial charge on any atom is -0.506 e. The predicted molar refractivity (Wildman–Crippen MR) is 87.7 cm³/mol. The van der Waals surface area contributed by atoms with E-state index in [0.717, 1.165) is 5.56 Å². The summed E-state index contributed by atoms with van der Waals surface area (Å²) in [6, 6.07) is 3.39. The molecular formula is C14H20Br2N2O2. The highest BCUT2D eigenvalue weighted by atomic mass is 79.9. The van der Waals surface area contributed by atoms with Crippen molar-refractivity contribution in [2.24, 2.45) is 5.92 Å². The Hall–Kier alpha value is -0.590. The Balaban J connectivity index is 2.52. The molecule has 1 aromatic rings. The van der Waals surface area contributed by atoms with Crippen LogP contribution in [0.15, 0.2) is 21.1 Å². The second-order valence-electron chi connectivity index (χ2n) is 5.15. The quantitative estimate of drug-likeness (QED) is 0.678. The van der Waals surface area contributed by atoms with Crippen molar-refractivity contribution in [1.29, 1.82) is 0 Å². The summed E-state index contributed by atoms with van der Waals surface area (Å²) in [4.78, 5) is 11.8. The molecule has 1 atom stereocenters. The van der Waals surface area contributed by atoms with Crippen molar-refractivity contribution >= 4 is 37.8 Å². The molecule has 0 aliphatic carbocycles. The Kier molecular flexibility index (Phi) is 6.99. The molecular weight excluding hydrogens is 388 g/mol. The van der Waals surface area contributed by atoms with Crippen LogP contribution in [0.2, 0.25) is 0 Å². The summed E-state index contributed by atoms with van der Waals surface area (Å²) in [7, 11) is 0. The van der Waals surface area contributed by atoms with Crippen molar-refractivity contribution in [1.82, 2.24) is 10.6 Å². The number of aromatic hydroxyl groups is 1. The number of phenols is 1. The van der Waals surface area contributed by atoms with Gasteiger partial charge in [0.1, 0.15) is 5.75 Å². The lowest BCUT2D eigenvalue weighted by molar-refractivity contribution is -0.122. The number of hydrogen-bond acceptors (Lipinski definition) is 3. The first kappa shape index (κ1) is 17.5. The van der Waals surface area contributed by atoms with Crippen molar-refractivity contribution < 1.29 is 9.90 Å². The number of hydrogen-bond donors (Lipinski definition) is 3. The van der Waals surface area contributed by atoms with Gasteiger partial charge in [-0.05, 0) is 62.4 Å². The van der Waals surface area contributed by atoms with Gasteiger partial charge in [0.05, 0.1) is 15.0 Å². The van der Waals surface area contributed by atoms with E-state index in [9.17, 15) is 9.90 Å². The Bertz CT molecular complexity index is 455. The third kappa shape index (κ3) is 5.42. The molecule has 4 nitrogen and oxygen atoms in total. The number of carbonyl (C=O) groups excluding carboxylic acids is 1. The van der Waals surface area contributed by atoms with Crippen LogP contribution in [0, 0.1) is 5.92 Å². The molecule has 6 heteroatoms. The second-order valence-corrected chi connectivity index (χ2v) is 6.86. The summed E-state index contributed by atoms with van der Waals surface area (Å²) in [6.45, 7) is 7.18. The average Bonchev–Trinajstić information content (AvgIpc) is 2.39. The maximum Gasteiger partial charge on any atom is 0.236 e. The Labute approximate surface area is 136 Å². The van der Waals surface area contributed by atoms with Gasteiger partial charge in [-0.2, -0.15) is 0 Å². The fourth-order valence-electron chi connectivity index (χ4n) is 1.54. The number of nitrogens with one attached hydrogen (secondary N) is 2. The van der Waals surface area contributed by atoms with Crippen LogP contribution < -0.4 is 10.6 Å². The molecule has 0 saturated carbocycles. The SMILES string of the molecule is CC(C)CNC(=O)C(C)NCc1cc(Br)c(O)c(Br)c1. The minimum atomic E-state index is -0.264. The second kappa shape index (κ2) is 8.00. The number of benzene rings is 1. The van der Waals surface area contributed by atoms with Gasteiger partial charge in [0.15, 0.2) is 0 Å². The first-order valence-corrected chi connectivity index (χ1v) is 8.07. The number of rotatable bonds is 6. The van der Waals surface area contributed by atoms with Crippen LogP contribution >= 0.6 is 31.9 Å². The smallest absolute Gasteiger partial charge is 0.236 e. The van der Waals surface area contributed by atoms with E-state index >= 15 is 0 Å². The summed E-state index contributed by atoms with van der Waals surface area (Å²) >= 11 is 6.57. The molecule has 0 saturated heterocycles. The van der Waals surface area contributed by atoms with E-state index in [-0.39, 0.29) is 17.7 Å². The van der Waals surface area contributed by atoms with Gasteiger partial charge < -0.3 is 15.7 Å². The van der Waals surface area contributed by atoms with E-state index in [1.54, 1.807) is 0 Å². The van der Waals surface area contributed by atoms with Crippen LogP contribution in [-0.4, -0.2) is 23.6 Å². The maximum atomic E-state index is 11.8. The van der Waals surface area contributed by atoms with Crippen molar-refractivity contribution in [2.75, 3.05) is 6.54 Å². The lowest BCUT2D eigenvalue weighted by Crippen LogP contribution is -2.42. The third-order valence-corrected chi connectivity index (χ3v) is 3.98. The van der Waals surface area contributed by atoms with Crippen molar-refractivity contribution in [3.8, 4) is 5.75 Å². The first-order valence-electron chi connectivity index (χ1n) is 6.49. The summed E-state index contributed by atoms with van der Waals surface area (Å²) in [6.07, 6.45) is 0. The Morgan fingerprint density at radius 1 is 1.25 bits per heavy atom. The fraction of sp³-hybridized carbons (Fsp3) is 0.500. The molecule has 0 bridgehead atoms. The third-order valence-electron chi connectivity index (χ3n) is 2.77. The molecule has 0 aromatic heterocycles. The van der Waals surface area contributed by atoms with Crippen LogP contribution in [0.5, 0.6) is 5.75 Å². The van der Waals surface area contributed by atoms with Gasteiger partial charge in [-0.3, -0.25) is 4.79 Å². The summed E-state index contributed by atoms with van der Waals surface area (Å²) < 4.78 is 1.25. The van der Waals surface area contributed by atoms with E-state index in [2.05, 4.69) is 56.3 Å². The number of carbonyl (C=O) groups is 1. The van der Waals surface area contributed by atoms with E-state index < -0.39 is 0 Å². The molecule has 0 heterocycles. The highest BCUT2D eigenvalue weighted by Gasteiger charge is 2.13. The first-order chi connectivity index (χ1) is 9.31. The van der Waals surface area contributed by atoms with Gasteiger partial charge in [-0.15, -0.1) is 0 Å². The maximum absolute atomic E-state index is 11.8. The number of phenolic OH excluding ortho intramolecular Hbond substituents is 1. The molecule has 3 N–H and O–H groups in total. The zero-order chi connectivity index (χ0) is 15.3. The normalized spacial score (nSPS) is 12.5. The molecule has 0 fully saturated rings. The van der Waals surface area contributed by atoms with Crippen molar-refractivity contribution in [3.05, 3.63) is 26.6 Å². The molecule has 1 rings (SSSR count). The van der Waals surface area contributed by atoms with Crippen LogP contribution in [0.1, 0.15) is 26.3 Å². The van der Waals surface area contributed by atoms with Gasteiger partial charge in [0, 0.05) is 13.1 Å². The zero-order valence-electron chi connectivity index (χ0n) is 11.8. The molecule has 112 valence electrons. The van der Waals surface area contributed by atoms with Gasteiger partial charge in [0.25, 0.3) is 0 Å². The molecule has 1 amide bonds. The largest absolute Gasteiger partial charge is 0.506 e. The zero-order valence-corrected chi connectivity index (χ0v) is 15.0. The van der Waals surface area contributed by atoms with E-state index in [4.69, 9.17) is 0 Å². The molecule has 0 aliphatic heterocycles. The molecule has 1 unspecified atom stereocenters. The molecule has 20 heavy (non-hydrogen) atoms. The van der Waals surface area contributed by atoms with Gasteiger partial charge >= 0.3 is 0 Å². The lowest BCUT2D eigenvalue weighted by Gasteiger charge is -2.15. The van der Waals surface area contributed by atoms with Crippen LogP contribution in [-0.2, 0) is 11.3 Å². The highest BCUT2D eigenvalue weighted by Crippen LogP contribution is 2.33. The molecule has 0 spiro atoms. The predicted octanol–water partition coefficient (Wildman–Crippen LogP) is 3.17. The van der Waals surface area contributed by atoms with E-state index in [0.29, 0.717) is 28.0 Å². The van der Waals surface area contributed by atoms with E-state index in [1.807, 2.05) is 19.1 Å². The van der Waals surface area contributed by atoms with Gasteiger partial charge in [-0.25, -0.2) is 0 Å². The van der Waals surface area contributed by atoms with Crippen LogP contribution in [0.4, 0.5) is 0 Å². The Morgan fingerprint density at radius 2 is 1.80 bits per heavy atom. The van der Waals surface area contributed by atoms with Gasteiger partial charge in [0.2, 0.25) is 5.91 Å². The highest BCUT2D eigenvalue weighted by molar-refractivity contribution is 9.11. The monoisotopic (exact) mass is 406 g/mol. The summed E-state index contributed by atoms with van der Waals surface area (Å²) in [5.74, 6) is 0.613. The van der Waals surface area contributed by atoms with Crippen LogP contribution in [0.3, 0.4) is 0 Å². The Morgan fingerprint density at radius 3 is 2.30 bits per heavy atom. The minimum absolute atomic E-state index is 0.00407. The lowest BCUT2D eigenvalue weighted by atomic mass is 10.2. The molecule has 0 aliphatic rings. The van der Waals surface area contributed by atoms with Crippen LogP contribution in [0.25, 0.3) is 0 Å². The van der Waals surface area contributed by atoms with Crippen molar-refractivity contribution in [3.63, 3.8) is 0 Å². The number of halogens is 2. The summed E-state index contributed by atoms with van der Waals surface area (Å²) in [5.41, 5.74) is 0.977. The molecule has 0 radical (unpaired) electrons. The standard InChI is InChI=1S/C14H20Br2N2O2/c1-8(2)6-18-14(20)9(3)17-7-10-4-11(15)13(19)12(16)5-10/h4-5,8-9,17,19H,6-7H2,1-3H3,(H,18,20). The van der Waals surface area contributed by atoms with Gasteiger partial charge in [-0.1, -0.05) is 13.8 Å². The topological polar surface area (TPSA) is 61.4 Å². The average molecular weight is 408 g/mol. The van der Waals surface area contributed by atoms with E-state index in [1.165, 1.54) is 0 Å².